The molecule has 2 rings (SSSR count). The summed E-state index contributed by atoms with van der Waals surface area (Å²) in [6.07, 6.45) is 5.11. The zero-order valence-electron chi connectivity index (χ0n) is 13.2. The molecule has 0 spiro atoms. The van der Waals surface area contributed by atoms with Gasteiger partial charge in [-0.1, -0.05) is 6.08 Å². The number of nitrogens with zero attached hydrogens (tertiary/aromatic N) is 4. The number of aromatic amines is 1. The van der Waals surface area contributed by atoms with Crippen molar-refractivity contribution in [2.75, 3.05) is 46.3 Å². The van der Waals surface area contributed by atoms with Crippen LogP contribution in [0.4, 0.5) is 0 Å². The zero-order valence-corrected chi connectivity index (χ0v) is 13.2. The molecule has 2 heterocycles. The van der Waals surface area contributed by atoms with Crippen LogP contribution in [0, 0.1) is 11.3 Å². The van der Waals surface area contributed by atoms with E-state index in [1.807, 2.05) is 18.2 Å². The lowest BCUT2D eigenvalue weighted by atomic mass is 10.2. The second-order valence-corrected chi connectivity index (χ2v) is 5.11. The fourth-order valence-electron chi connectivity index (χ4n) is 2.22. The molecule has 122 valence electrons. The average Bonchev–Trinajstić information content (AvgIpc) is 3.07. The van der Waals surface area contributed by atoms with Crippen LogP contribution in [0.15, 0.2) is 23.3 Å². The normalized spacial score (nSPS) is 16.4. The van der Waals surface area contributed by atoms with Crippen LogP contribution in [0.3, 0.4) is 0 Å². The van der Waals surface area contributed by atoms with Crippen LogP contribution < -0.4 is 10.6 Å². The van der Waals surface area contributed by atoms with Crippen LogP contribution in [0.25, 0.3) is 0 Å². The van der Waals surface area contributed by atoms with Crippen molar-refractivity contribution in [2.24, 2.45) is 4.99 Å². The Labute approximate surface area is 135 Å². The van der Waals surface area contributed by atoms with E-state index in [9.17, 15) is 4.79 Å². The number of imidazole rings is 1. The summed E-state index contributed by atoms with van der Waals surface area (Å²) in [4.78, 5) is 24.9. The molecule has 23 heavy (non-hydrogen) atoms. The standard InChI is InChI=1S/C15H21N7O/c1-17-12(11-22-7-5-18-6-8-22)3-2-4-19-15(23)14-20-10-13(9-16)21-14/h2-3,10,18H,4-8,11H2,1H3,(H,19,23)(H,20,21)/b3-2-,17-12?. The van der Waals surface area contributed by atoms with Crippen molar-refractivity contribution in [3.8, 4) is 6.07 Å². The maximum absolute atomic E-state index is 11.8. The van der Waals surface area contributed by atoms with E-state index in [0.717, 1.165) is 38.4 Å². The van der Waals surface area contributed by atoms with E-state index in [0.29, 0.717) is 6.54 Å². The summed E-state index contributed by atoms with van der Waals surface area (Å²) < 4.78 is 0. The minimum absolute atomic E-state index is 0.139. The lowest BCUT2D eigenvalue weighted by molar-refractivity contribution is 0.0948. The number of carbonyl (C=O) groups excluding carboxylic acids is 1. The molecule has 3 N–H and O–H groups in total. The number of nitriles is 1. The fraction of sp³-hybridized carbons (Fsp3) is 0.467. The van der Waals surface area contributed by atoms with Gasteiger partial charge in [0.25, 0.3) is 5.91 Å². The van der Waals surface area contributed by atoms with Gasteiger partial charge in [-0.2, -0.15) is 5.26 Å². The van der Waals surface area contributed by atoms with Crippen molar-refractivity contribution in [1.82, 2.24) is 25.5 Å². The predicted octanol–water partition coefficient (Wildman–Crippen LogP) is -0.457. The second kappa shape index (κ2) is 8.82. The Morgan fingerprint density at radius 1 is 1.57 bits per heavy atom. The van der Waals surface area contributed by atoms with Crippen molar-refractivity contribution >= 4 is 11.6 Å². The number of aromatic nitrogens is 2. The number of piperazine rings is 1. The Balaban J connectivity index is 1.76. The summed E-state index contributed by atoms with van der Waals surface area (Å²) >= 11 is 0. The van der Waals surface area contributed by atoms with Gasteiger partial charge < -0.3 is 15.6 Å². The van der Waals surface area contributed by atoms with Crippen LogP contribution in [0.5, 0.6) is 0 Å². The Morgan fingerprint density at radius 3 is 3.00 bits per heavy atom. The van der Waals surface area contributed by atoms with E-state index >= 15 is 0 Å². The third kappa shape index (κ3) is 5.32. The third-order valence-corrected chi connectivity index (χ3v) is 3.48. The number of hydrogen-bond acceptors (Lipinski definition) is 6. The lowest BCUT2D eigenvalue weighted by Gasteiger charge is -2.26. The number of aliphatic imine (C=N–C) groups is 1. The Kier molecular flexibility index (Phi) is 6.47. The van der Waals surface area contributed by atoms with Crippen LogP contribution in [0.2, 0.25) is 0 Å². The first-order valence-electron chi connectivity index (χ1n) is 7.51. The van der Waals surface area contributed by atoms with Gasteiger partial charge in [0.15, 0.2) is 5.82 Å². The number of amides is 1. The molecule has 1 aromatic heterocycles. The smallest absolute Gasteiger partial charge is 0.287 e. The van der Waals surface area contributed by atoms with E-state index in [2.05, 4.69) is 30.5 Å². The predicted molar refractivity (Wildman–Crippen MR) is 87.4 cm³/mol. The van der Waals surface area contributed by atoms with Gasteiger partial charge >= 0.3 is 0 Å². The summed E-state index contributed by atoms with van der Waals surface area (Å²) in [6.45, 7) is 5.23. The topological polar surface area (TPSA) is 109 Å². The van der Waals surface area contributed by atoms with E-state index in [-0.39, 0.29) is 17.4 Å². The molecule has 8 heteroatoms. The summed E-state index contributed by atoms with van der Waals surface area (Å²) in [7, 11) is 1.77. The minimum Gasteiger partial charge on any atom is -0.346 e. The molecule has 1 aliphatic rings. The molecule has 8 nitrogen and oxygen atoms in total. The first-order chi connectivity index (χ1) is 11.2. The van der Waals surface area contributed by atoms with Crippen molar-refractivity contribution in [3.63, 3.8) is 0 Å². The molecule has 0 radical (unpaired) electrons. The zero-order chi connectivity index (χ0) is 16.5. The number of hydrogen-bond donors (Lipinski definition) is 3. The van der Waals surface area contributed by atoms with Crippen LogP contribution >= 0.6 is 0 Å². The Bertz CT molecular complexity index is 620. The molecule has 0 aliphatic carbocycles. The van der Waals surface area contributed by atoms with Gasteiger partial charge in [0.05, 0.1) is 6.20 Å². The van der Waals surface area contributed by atoms with Gasteiger partial charge in [-0.3, -0.25) is 14.7 Å². The molecule has 0 unspecified atom stereocenters. The second-order valence-electron chi connectivity index (χ2n) is 5.11. The van der Waals surface area contributed by atoms with Crippen molar-refractivity contribution in [3.05, 3.63) is 29.9 Å². The van der Waals surface area contributed by atoms with E-state index < -0.39 is 0 Å². The highest BCUT2D eigenvalue weighted by Gasteiger charge is 2.11. The molecule has 1 aliphatic heterocycles. The van der Waals surface area contributed by atoms with Crippen molar-refractivity contribution in [1.29, 1.82) is 5.26 Å². The van der Waals surface area contributed by atoms with Gasteiger partial charge in [0.1, 0.15) is 11.8 Å². The van der Waals surface area contributed by atoms with Gasteiger partial charge in [-0.15, -0.1) is 0 Å². The highest BCUT2D eigenvalue weighted by Crippen LogP contribution is 1.96. The fourth-order valence-corrected chi connectivity index (χ4v) is 2.22. The highest BCUT2D eigenvalue weighted by molar-refractivity contribution is 5.96. The van der Waals surface area contributed by atoms with Gasteiger partial charge in [0, 0.05) is 52.0 Å². The summed E-state index contributed by atoms with van der Waals surface area (Å²) in [5, 5.41) is 14.7. The molecule has 1 saturated heterocycles. The molecular weight excluding hydrogens is 294 g/mol. The number of carbonyl (C=O) groups is 1. The number of H-pyrrole nitrogens is 1. The van der Waals surface area contributed by atoms with Crippen LogP contribution in [-0.2, 0) is 0 Å². The van der Waals surface area contributed by atoms with Crippen molar-refractivity contribution < 1.29 is 4.79 Å². The molecule has 1 aromatic rings. The lowest BCUT2D eigenvalue weighted by Crippen LogP contribution is -2.45. The molecule has 0 atom stereocenters. The maximum Gasteiger partial charge on any atom is 0.287 e. The summed E-state index contributed by atoms with van der Waals surface area (Å²) in [6, 6.07) is 1.89. The maximum atomic E-state index is 11.8. The minimum atomic E-state index is -0.340. The molecule has 0 bridgehead atoms. The number of nitrogens with one attached hydrogen (secondary N) is 3. The van der Waals surface area contributed by atoms with E-state index in [1.165, 1.54) is 6.20 Å². The average molecular weight is 315 g/mol. The molecule has 1 amide bonds. The highest BCUT2D eigenvalue weighted by atomic mass is 16.2. The quantitative estimate of drug-likeness (QED) is 0.616. The molecule has 0 aromatic carbocycles. The molecule has 1 fully saturated rings. The summed E-state index contributed by atoms with van der Waals surface area (Å²) in [5.41, 5.74) is 1.24. The number of rotatable bonds is 6. The Hall–Kier alpha value is -2.50. The van der Waals surface area contributed by atoms with E-state index in [1.54, 1.807) is 7.05 Å². The monoisotopic (exact) mass is 315 g/mol. The largest absolute Gasteiger partial charge is 0.346 e. The van der Waals surface area contributed by atoms with Crippen molar-refractivity contribution in [2.45, 2.75) is 0 Å². The van der Waals surface area contributed by atoms with Crippen LogP contribution in [0.1, 0.15) is 16.3 Å². The first kappa shape index (κ1) is 16.9. The molecule has 0 saturated carbocycles. The van der Waals surface area contributed by atoms with Gasteiger partial charge in [0.2, 0.25) is 0 Å². The SMILES string of the molecule is CN=C(/C=C\CNC(=O)c1ncc(C#N)[nH]1)CN1CCNCC1. The summed E-state index contributed by atoms with van der Waals surface area (Å²) in [5.74, 6) is -0.201. The van der Waals surface area contributed by atoms with E-state index in [4.69, 9.17) is 5.26 Å². The third-order valence-electron chi connectivity index (χ3n) is 3.48. The molecular formula is C15H21N7O. The Morgan fingerprint density at radius 2 is 2.35 bits per heavy atom. The van der Waals surface area contributed by atoms with Gasteiger partial charge in [-0.25, -0.2) is 4.98 Å². The van der Waals surface area contributed by atoms with Gasteiger partial charge in [-0.05, 0) is 6.08 Å². The van der Waals surface area contributed by atoms with Crippen LogP contribution in [-0.4, -0.2) is 72.8 Å². The first-order valence-corrected chi connectivity index (χ1v) is 7.51.